The van der Waals surface area contributed by atoms with Crippen LogP contribution in [0.15, 0.2) is 18.2 Å². The molecule has 1 saturated heterocycles. The molecule has 0 spiro atoms. The van der Waals surface area contributed by atoms with Gasteiger partial charge in [0.15, 0.2) is 11.6 Å². The van der Waals surface area contributed by atoms with Crippen LogP contribution in [0.2, 0.25) is 0 Å². The Kier molecular flexibility index (Phi) is 3.57. The van der Waals surface area contributed by atoms with Crippen molar-refractivity contribution in [1.29, 1.82) is 0 Å². The molecule has 2 atom stereocenters. The van der Waals surface area contributed by atoms with Crippen molar-refractivity contribution < 1.29 is 8.78 Å². The first-order valence-corrected chi connectivity index (χ1v) is 6.42. The molecule has 2 nitrogen and oxygen atoms in total. The van der Waals surface area contributed by atoms with Gasteiger partial charge >= 0.3 is 0 Å². The van der Waals surface area contributed by atoms with Crippen molar-refractivity contribution in [3.63, 3.8) is 0 Å². The molecule has 0 aromatic heterocycles. The number of nitrogens with zero attached hydrogens (tertiary/aromatic N) is 1. The highest BCUT2D eigenvalue weighted by Crippen LogP contribution is 2.26. The van der Waals surface area contributed by atoms with Crippen LogP contribution < -0.4 is 10.2 Å². The molecule has 100 valence electrons. The summed E-state index contributed by atoms with van der Waals surface area (Å²) in [4.78, 5) is 2.14. The van der Waals surface area contributed by atoms with Crippen LogP contribution in [0.1, 0.15) is 27.2 Å². The summed E-state index contributed by atoms with van der Waals surface area (Å²) < 4.78 is 26.3. The molecule has 1 fully saturated rings. The van der Waals surface area contributed by atoms with Crippen LogP contribution in [-0.4, -0.2) is 24.7 Å². The first kappa shape index (κ1) is 13.3. The lowest BCUT2D eigenvalue weighted by atomic mass is 9.93. The topological polar surface area (TPSA) is 15.3 Å². The standard InChI is InChI=1S/C14H20F2N2/c1-4-14(3)9-18(10(2)8-17-14)11-5-6-12(15)13(16)7-11/h5-7,10,17H,4,8-9H2,1-3H3. The maximum absolute atomic E-state index is 13.3. The minimum absolute atomic E-state index is 0.0252. The first-order chi connectivity index (χ1) is 8.45. The predicted molar refractivity (Wildman–Crippen MR) is 69.9 cm³/mol. The minimum Gasteiger partial charge on any atom is -0.366 e. The van der Waals surface area contributed by atoms with E-state index >= 15 is 0 Å². The lowest BCUT2D eigenvalue weighted by Gasteiger charge is -2.46. The van der Waals surface area contributed by atoms with Crippen molar-refractivity contribution in [2.45, 2.75) is 38.8 Å². The van der Waals surface area contributed by atoms with Gasteiger partial charge in [0, 0.05) is 36.4 Å². The number of hydrogen-bond donors (Lipinski definition) is 1. The Hall–Kier alpha value is -1.16. The fourth-order valence-electron chi connectivity index (χ4n) is 2.34. The van der Waals surface area contributed by atoms with Crippen LogP contribution in [0.25, 0.3) is 0 Å². The molecule has 18 heavy (non-hydrogen) atoms. The van der Waals surface area contributed by atoms with Gasteiger partial charge in [-0.3, -0.25) is 0 Å². The van der Waals surface area contributed by atoms with Gasteiger partial charge in [0.2, 0.25) is 0 Å². The molecule has 1 N–H and O–H groups in total. The summed E-state index contributed by atoms with van der Waals surface area (Å²) in [5, 5.41) is 3.51. The summed E-state index contributed by atoms with van der Waals surface area (Å²) in [6.45, 7) is 8.03. The summed E-state index contributed by atoms with van der Waals surface area (Å²) >= 11 is 0. The Balaban J connectivity index is 2.27. The molecule has 0 aliphatic carbocycles. The van der Waals surface area contributed by atoms with Gasteiger partial charge in [-0.1, -0.05) is 6.92 Å². The van der Waals surface area contributed by atoms with Crippen LogP contribution in [0.3, 0.4) is 0 Å². The van der Waals surface area contributed by atoms with E-state index in [1.807, 2.05) is 0 Å². The molecule has 2 unspecified atom stereocenters. The fraction of sp³-hybridized carbons (Fsp3) is 0.571. The Morgan fingerprint density at radius 1 is 1.39 bits per heavy atom. The average Bonchev–Trinajstić information content (AvgIpc) is 2.36. The Bertz CT molecular complexity index is 436. The van der Waals surface area contributed by atoms with Crippen molar-refractivity contribution >= 4 is 5.69 Å². The number of benzene rings is 1. The summed E-state index contributed by atoms with van der Waals surface area (Å²) in [5.74, 6) is -1.57. The zero-order valence-corrected chi connectivity index (χ0v) is 11.1. The second-order valence-corrected chi connectivity index (χ2v) is 5.37. The lowest BCUT2D eigenvalue weighted by molar-refractivity contribution is 0.285. The van der Waals surface area contributed by atoms with Gasteiger partial charge in [0.1, 0.15) is 0 Å². The molecular weight excluding hydrogens is 234 g/mol. The molecular formula is C14H20F2N2. The van der Waals surface area contributed by atoms with Gasteiger partial charge in [-0.05, 0) is 32.4 Å². The van der Waals surface area contributed by atoms with Crippen LogP contribution >= 0.6 is 0 Å². The number of anilines is 1. The van der Waals surface area contributed by atoms with Gasteiger partial charge in [-0.2, -0.15) is 0 Å². The molecule has 2 rings (SSSR count). The van der Waals surface area contributed by atoms with Gasteiger partial charge in [-0.15, -0.1) is 0 Å². The Morgan fingerprint density at radius 3 is 2.72 bits per heavy atom. The second-order valence-electron chi connectivity index (χ2n) is 5.37. The van der Waals surface area contributed by atoms with Crippen LogP contribution in [0.5, 0.6) is 0 Å². The fourth-order valence-corrected chi connectivity index (χ4v) is 2.34. The quantitative estimate of drug-likeness (QED) is 0.873. The zero-order chi connectivity index (χ0) is 13.3. The van der Waals surface area contributed by atoms with Crippen molar-refractivity contribution in [2.75, 3.05) is 18.0 Å². The van der Waals surface area contributed by atoms with Gasteiger partial charge in [0.05, 0.1) is 0 Å². The average molecular weight is 254 g/mol. The molecule has 1 heterocycles. The predicted octanol–water partition coefficient (Wildman–Crippen LogP) is 2.93. The highest BCUT2D eigenvalue weighted by atomic mass is 19.2. The summed E-state index contributed by atoms with van der Waals surface area (Å²) in [5.41, 5.74) is 0.778. The van der Waals surface area contributed by atoms with E-state index in [2.05, 4.69) is 31.0 Å². The minimum atomic E-state index is -0.792. The van der Waals surface area contributed by atoms with E-state index in [-0.39, 0.29) is 11.6 Å². The number of nitrogens with one attached hydrogen (secondary N) is 1. The van der Waals surface area contributed by atoms with E-state index in [1.165, 1.54) is 12.1 Å². The van der Waals surface area contributed by atoms with E-state index in [1.54, 1.807) is 6.07 Å². The highest BCUT2D eigenvalue weighted by molar-refractivity contribution is 5.49. The van der Waals surface area contributed by atoms with Crippen molar-refractivity contribution in [2.24, 2.45) is 0 Å². The van der Waals surface area contributed by atoms with Gasteiger partial charge < -0.3 is 10.2 Å². The molecule has 0 bridgehead atoms. The van der Waals surface area contributed by atoms with E-state index < -0.39 is 11.6 Å². The molecule has 1 aliphatic heterocycles. The van der Waals surface area contributed by atoms with Gasteiger partial charge in [-0.25, -0.2) is 8.78 Å². The smallest absolute Gasteiger partial charge is 0.160 e. The molecule has 1 aliphatic rings. The Labute approximate surface area is 107 Å². The number of halogens is 2. The van der Waals surface area contributed by atoms with Gasteiger partial charge in [0.25, 0.3) is 0 Å². The van der Waals surface area contributed by atoms with E-state index in [0.29, 0.717) is 0 Å². The molecule has 1 aromatic rings. The van der Waals surface area contributed by atoms with Crippen molar-refractivity contribution in [3.05, 3.63) is 29.8 Å². The van der Waals surface area contributed by atoms with Crippen LogP contribution in [-0.2, 0) is 0 Å². The van der Waals surface area contributed by atoms with Crippen LogP contribution in [0.4, 0.5) is 14.5 Å². The third-order valence-corrected chi connectivity index (χ3v) is 3.89. The van der Waals surface area contributed by atoms with Crippen LogP contribution in [0, 0.1) is 11.6 Å². The second kappa shape index (κ2) is 4.84. The Morgan fingerprint density at radius 2 is 2.11 bits per heavy atom. The SMILES string of the molecule is CCC1(C)CN(c2ccc(F)c(F)c2)C(C)CN1. The molecule has 0 radical (unpaired) electrons. The molecule has 1 aromatic carbocycles. The number of hydrogen-bond acceptors (Lipinski definition) is 2. The summed E-state index contributed by atoms with van der Waals surface area (Å²) in [6, 6.07) is 4.40. The lowest BCUT2D eigenvalue weighted by Crippen LogP contribution is -2.62. The maximum atomic E-state index is 13.3. The third kappa shape index (κ3) is 2.48. The normalized spacial score (nSPS) is 28.5. The van der Waals surface area contributed by atoms with E-state index in [4.69, 9.17) is 0 Å². The van der Waals surface area contributed by atoms with E-state index in [0.717, 1.165) is 25.2 Å². The largest absolute Gasteiger partial charge is 0.366 e. The number of piperazine rings is 1. The van der Waals surface area contributed by atoms with Crippen molar-refractivity contribution in [3.8, 4) is 0 Å². The summed E-state index contributed by atoms with van der Waals surface area (Å²) in [7, 11) is 0. The molecule has 0 amide bonds. The summed E-state index contributed by atoms with van der Waals surface area (Å²) in [6.07, 6.45) is 1.000. The maximum Gasteiger partial charge on any atom is 0.160 e. The third-order valence-electron chi connectivity index (χ3n) is 3.89. The monoisotopic (exact) mass is 254 g/mol. The molecule has 4 heteroatoms. The molecule has 0 saturated carbocycles. The first-order valence-electron chi connectivity index (χ1n) is 6.42. The number of rotatable bonds is 2. The zero-order valence-electron chi connectivity index (χ0n) is 11.1. The van der Waals surface area contributed by atoms with E-state index in [9.17, 15) is 8.78 Å². The van der Waals surface area contributed by atoms with Crippen molar-refractivity contribution in [1.82, 2.24) is 5.32 Å². The highest BCUT2D eigenvalue weighted by Gasteiger charge is 2.32.